The van der Waals surface area contributed by atoms with Gasteiger partial charge < -0.3 is 10.2 Å². The van der Waals surface area contributed by atoms with Crippen molar-refractivity contribution in [2.75, 3.05) is 16.8 Å². The van der Waals surface area contributed by atoms with Crippen LogP contribution < -0.4 is 10.2 Å². The predicted molar refractivity (Wildman–Crippen MR) is 158 cm³/mol. The predicted octanol–water partition coefficient (Wildman–Crippen LogP) is 8.49. The van der Waals surface area contributed by atoms with Crippen LogP contribution >= 0.6 is 0 Å². The maximum atomic E-state index is 14.1. The summed E-state index contributed by atoms with van der Waals surface area (Å²) in [6, 6.07) is 36.0. The third kappa shape index (κ3) is 3.53. The van der Waals surface area contributed by atoms with E-state index in [-0.39, 0.29) is 17.9 Å². The zero-order valence-electron chi connectivity index (χ0n) is 21.5. The summed E-state index contributed by atoms with van der Waals surface area (Å²) in [6.45, 7) is 2.64. The highest BCUT2D eigenvalue weighted by Crippen LogP contribution is 2.52. The minimum Gasteiger partial charge on any atom is -0.377 e. The van der Waals surface area contributed by atoms with Crippen LogP contribution in [0.5, 0.6) is 0 Å². The molecule has 0 saturated carbocycles. The Labute approximate surface area is 223 Å². The number of fused-ring (bicyclic) bond motifs is 5. The second-order valence-electron chi connectivity index (χ2n) is 10.4. The lowest BCUT2D eigenvalue weighted by Crippen LogP contribution is -2.34. The molecule has 0 aromatic heterocycles. The number of allylic oxidation sites excluding steroid dienone is 2. The van der Waals surface area contributed by atoms with Gasteiger partial charge in [-0.15, -0.1) is 0 Å². The highest BCUT2D eigenvalue weighted by atomic mass is 16.2. The fraction of sp³-hybridized carbons (Fsp3) is 0.171. The monoisotopic (exact) mass is 494 g/mol. The van der Waals surface area contributed by atoms with Crippen LogP contribution in [0.4, 0.5) is 11.4 Å². The first-order valence-corrected chi connectivity index (χ1v) is 13.6. The molecule has 0 bridgehead atoms. The zero-order chi connectivity index (χ0) is 25.6. The Hall–Kier alpha value is -4.37. The van der Waals surface area contributed by atoms with Crippen LogP contribution in [-0.4, -0.2) is 12.5 Å². The van der Waals surface area contributed by atoms with Gasteiger partial charge in [-0.05, 0) is 76.2 Å². The average molecular weight is 495 g/mol. The first kappa shape index (κ1) is 22.8. The van der Waals surface area contributed by atoms with E-state index in [9.17, 15) is 4.79 Å². The minimum atomic E-state index is 0.0324. The average Bonchev–Trinajstić information content (AvgIpc) is 3.47. The third-order valence-corrected chi connectivity index (χ3v) is 8.38. The maximum absolute atomic E-state index is 14.1. The second-order valence-corrected chi connectivity index (χ2v) is 10.4. The third-order valence-electron chi connectivity index (χ3n) is 8.38. The van der Waals surface area contributed by atoms with Gasteiger partial charge in [-0.1, -0.05) is 91.0 Å². The van der Waals surface area contributed by atoms with E-state index in [4.69, 9.17) is 0 Å². The number of benzene rings is 5. The van der Waals surface area contributed by atoms with Gasteiger partial charge in [-0.3, -0.25) is 4.79 Å². The van der Waals surface area contributed by atoms with Crippen LogP contribution in [0.25, 0.3) is 21.5 Å². The Bertz CT molecular complexity index is 1650. The van der Waals surface area contributed by atoms with Crippen molar-refractivity contribution < 1.29 is 4.79 Å². The van der Waals surface area contributed by atoms with Crippen molar-refractivity contribution >= 4 is 38.8 Å². The first-order valence-electron chi connectivity index (χ1n) is 13.6. The second kappa shape index (κ2) is 9.18. The van der Waals surface area contributed by atoms with Crippen LogP contribution in [0.2, 0.25) is 0 Å². The van der Waals surface area contributed by atoms with E-state index >= 15 is 0 Å². The molecule has 3 atom stereocenters. The maximum Gasteiger partial charge on any atom is 0.260 e. The molecule has 3 heteroatoms. The molecule has 0 fully saturated rings. The summed E-state index contributed by atoms with van der Waals surface area (Å²) in [5.41, 5.74) is 5.19. The summed E-state index contributed by atoms with van der Waals surface area (Å²) < 4.78 is 0. The minimum absolute atomic E-state index is 0.0324. The molecule has 186 valence electrons. The van der Waals surface area contributed by atoms with Crippen LogP contribution in [0.1, 0.15) is 46.8 Å². The fourth-order valence-corrected chi connectivity index (χ4v) is 6.67. The van der Waals surface area contributed by atoms with Crippen molar-refractivity contribution in [3.05, 3.63) is 132 Å². The number of nitrogens with one attached hydrogen (secondary N) is 1. The molecule has 1 N–H and O–H groups in total. The molecule has 2 aliphatic rings. The molecule has 0 radical (unpaired) electrons. The Morgan fingerprint density at radius 2 is 1.53 bits per heavy atom. The van der Waals surface area contributed by atoms with Crippen molar-refractivity contribution in [1.82, 2.24) is 0 Å². The van der Waals surface area contributed by atoms with Crippen LogP contribution in [0, 0.1) is 5.92 Å². The lowest BCUT2D eigenvalue weighted by Gasteiger charge is -2.39. The van der Waals surface area contributed by atoms with Gasteiger partial charge in [0.2, 0.25) is 0 Å². The van der Waals surface area contributed by atoms with E-state index in [1.807, 2.05) is 54.3 Å². The molecular weight excluding hydrogens is 464 g/mol. The Kier molecular flexibility index (Phi) is 5.51. The number of hydrogen-bond donors (Lipinski definition) is 1. The molecule has 3 unspecified atom stereocenters. The zero-order valence-corrected chi connectivity index (χ0v) is 21.5. The van der Waals surface area contributed by atoms with Crippen molar-refractivity contribution in [1.29, 1.82) is 0 Å². The smallest absolute Gasteiger partial charge is 0.260 e. The van der Waals surface area contributed by atoms with Crippen molar-refractivity contribution in [2.45, 2.75) is 25.3 Å². The summed E-state index contributed by atoms with van der Waals surface area (Å²) in [4.78, 5) is 15.9. The molecule has 1 amide bonds. The molecule has 7 rings (SSSR count). The number of para-hydroxylation sites is 2. The Morgan fingerprint density at radius 1 is 0.842 bits per heavy atom. The van der Waals surface area contributed by atoms with Gasteiger partial charge in [-0.25, -0.2) is 0 Å². The highest BCUT2D eigenvalue weighted by Gasteiger charge is 2.40. The molecule has 1 heterocycles. The van der Waals surface area contributed by atoms with Gasteiger partial charge in [0.1, 0.15) is 0 Å². The first-order chi connectivity index (χ1) is 18.7. The van der Waals surface area contributed by atoms with Gasteiger partial charge in [0, 0.05) is 18.2 Å². The number of amides is 1. The molecule has 1 aliphatic heterocycles. The number of carbonyl (C=O) groups excluding carboxylic acids is 1. The van der Waals surface area contributed by atoms with E-state index in [1.54, 1.807) is 0 Å². The van der Waals surface area contributed by atoms with Crippen molar-refractivity contribution in [3.63, 3.8) is 0 Å². The summed E-state index contributed by atoms with van der Waals surface area (Å²) in [5.74, 6) is 0.692. The van der Waals surface area contributed by atoms with Crippen LogP contribution in [-0.2, 0) is 0 Å². The largest absolute Gasteiger partial charge is 0.377 e. The molecule has 5 aromatic rings. The molecule has 1 aliphatic carbocycles. The quantitative estimate of drug-likeness (QED) is 0.201. The molecule has 3 nitrogen and oxygen atoms in total. The Morgan fingerprint density at radius 3 is 2.24 bits per heavy atom. The van der Waals surface area contributed by atoms with Crippen LogP contribution in [0.15, 0.2) is 115 Å². The van der Waals surface area contributed by atoms with Gasteiger partial charge >= 0.3 is 0 Å². The van der Waals surface area contributed by atoms with E-state index in [2.05, 4.69) is 78.1 Å². The molecule has 0 saturated heterocycles. The van der Waals surface area contributed by atoms with Crippen molar-refractivity contribution in [2.24, 2.45) is 5.92 Å². The topological polar surface area (TPSA) is 32.3 Å². The summed E-state index contributed by atoms with van der Waals surface area (Å²) >= 11 is 0. The number of hydrogen-bond acceptors (Lipinski definition) is 2. The standard InChI is InChI=1S/C35H30N2O/c1-2-37(25-14-4-3-5-15-25)35(38)31-21-11-19-29-28-18-10-20-30(28)34(36-33(29)31)32-26-16-8-6-12-23(26)22-24-13-7-9-17-27(24)32/h3-19,21-22,28,30,34,36H,2,20H2,1H3. The van der Waals surface area contributed by atoms with E-state index in [1.165, 1.54) is 32.7 Å². The van der Waals surface area contributed by atoms with E-state index < -0.39 is 0 Å². The number of nitrogens with zero attached hydrogens (tertiary/aromatic N) is 1. The molecule has 0 spiro atoms. The lowest BCUT2D eigenvalue weighted by atomic mass is 9.74. The van der Waals surface area contributed by atoms with Gasteiger partial charge in [0.25, 0.3) is 5.91 Å². The molecule has 5 aromatic carbocycles. The number of anilines is 2. The highest BCUT2D eigenvalue weighted by molar-refractivity contribution is 6.10. The van der Waals surface area contributed by atoms with Crippen molar-refractivity contribution in [3.8, 4) is 0 Å². The Balaban J connectivity index is 1.41. The van der Waals surface area contributed by atoms with E-state index in [0.717, 1.165) is 23.4 Å². The summed E-state index contributed by atoms with van der Waals surface area (Å²) in [6.07, 6.45) is 5.69. The summed E-state index contributed by atoms with van der Waals surface area (Å²) in [5, 5.41) is 9.02. The summed E-state index contributed by atoms with van der Waals surface area (Å²) in [7, 11) is 0. The lowest BCUT2D eigenvalue weighted by molar-refractivity contribution is 0.0988. The number of carbonyl (C=O) groups is 1. The van der Waals surface area contributed by atoms with Gasteiger partial charge in [-0.2, -0.15) is 0 Å². The molecular formula is C35H30N2O. The van der Waals surface area contributed by atoms with Gasteiger partial charge in [0.15, 0.2) is 0 Å². The molecule has 38 heavy (non-hydrogen) atoms. The fourth-order valence-electron chi connectivity index (χ4n) is 6.67. The van der Waals surface area contributed by atoms with Gasteiger partial charge in [0.05, 0.1) is 17.3 Å². The van der Waals surface area contributed by atoms with Crippen LogP contribution in [0.3, 0.4) is 0 Å². The normalized spacial score (nSPS) is 19.7. The number of rotatable bonds is 4. The van der Waals surface area contributed by atoms with E-state index in [0.29, 0.717) is 12.5 Å². The SMILES string of the molecule is CCN(C(=O)c1cccc2c1NC(c1c3ccccc3cc3ccccc13)C1CC=CC21)c1ccccc1.